The van der Waals surface area contributed by atoms with Crippen LogP contribution < -0.4 is 15.0 Å². The molecule has 2 aliphatic rings. The molecule has 0 spiro atoms. The SMILES string of the molecule is Cc1ccc(NC(=O)C2CCN(C(=O)N3C[C@@H](C)Oc4ccccc43)CC2)c(Cl)c1. The summed E-state index contributed by atoms with van der Waals surface area (Å²) in [6.45, 7) is 5.53. The fourth-order valence-corrected chi connectivity index (χ4v) is 4.31. The van der Waals surface area contributed by atoms with Crippen LogP contribution in [-0.2, 0) is 4.79 Å². The molecular formula is C23H26ClN3O3. The third kappa shape index (κ3) is 4.24. The molecule has 0 saturated carbocycles. The minimum absolute atomic E-state index is 0.0296. The van der Waals surface area contributed by atoms with Crippen molar-refractivity contribution in [3.8, 4) is 5.75 Å². The number of urea groups is 1. The van der Waals surface area contributed by atoms with E-state index < -0.39 is 0 Å². The van der Waals surface area contributed by atoms with Crippen molar-refractivity contribution in [1.29, 1.82) is 0 Å². The van der Waals surface area contributed by atoms with Gasteiger partial charge in [0.2, 0.25) is 5.91 Å². The minimum Gasteiger partial charge on any atom is -0.487 e. The highest BCUT2D eigenvalue weighted by molar-refractivity contribution is 6.33. The van der Waals surface area contributed by atoms with Gasteiger partial charge in [0, 0.05) is 19.0 Å². The van der Waals surface area contributed by atoms with Crippen LogP contribution in [0.2, 0.25) is 5.02 Å². The summed E-state index contributed by atoms with van der Waals surface area (Å²) in [5.41, 5.74) is 2.47. The van der Waals surface area contributed by atoms with Crippen LogP contribution in [0.1, 0.15) is 25.3 Å². The van der Waals surface area contributed by atoms with E-state index in [4.69, 9.17) is 16.3 Å². The largest absolute Gasteiger partial charge is 0.487 e. The maximum atomic E-state index is 13.2. The molecule has 0 radical (unpaired) electrons. The number of benzene rings is 2. The summed E-state index contributed by atoms with van der Waals surface area (Å²) >= 11 is 6.23. The molecule has 0 aliphatic carbocycles. The molecule has 0 aromatic heterocycles. The number of nitrogens with zero attached hydrogens (tertiary/aromatic N) is 2. The third-order valence-electron chi connectivity index (χ3n) is 5.67. The highest BCUT2D eigenvalue weighted by atomic mass is 35.5. The van der Waals surface area contributed by atoms with E-state index in [1.54, 1.807) is 4.90 Å². The van der Waals surface area contributed by atoms with Gasteiger partial charge in [0.15, 0.2) is 0 Å². The molecule has 2 heterocycles. The molecule has 3 amide bonds. The lowest BCUT2D eigenvalue weighted by Gasteiger charge is -2.39. The van der Waals surface area contributed by atoms with Gasteiger partial charge >= 0.3 is 6.03 Å². The number of aryl methyl sites for hydroxylation is 1. The van der Waals surface area contributed by atoms with Crippen LogP contribution in [-0.4, -0.2) is 42.6 Å². The second-order valence-corrected chi connectivity index (χ2v) is 8.43. The van der Waals surface area contributed by atoms with E-state index >= 15 is 0 Å². The first-order valence-electron chi connectivity index (χ1n) is 10.3. The zero-order valence-corrected chi connectivity index (χ0v) is 18.0. The molecule has 1 atom stereocenters. The zero-order chi connectivity index (χ0) is 21.3. The number of piperidine rings is 1. The molecule has 4 rings (SSSR count). The smallest absolute Gasteiger partial charge is 0.324 e. The minimum atomic E-state index is -0.137. The normalized spacial score (nSPS) is 19.1. The zero-order valence-electron chi connectivity index (χ0n) is 17.2. The molecule has 0 unspecified atom stereocenters. The van der Waals surface area contributed by atoms with Crippen LogP contribution in [0.25, 0.3) is 0 Å². The Kier molecular flexibility index (Phi) is 5.86. The van der Waals surface area contributed by atoms with E-state index in [0.717, 1.165) is 17.0 Å². The lowest BCUT2D eigenvalue weighted by molar-refractivity contribution is -0.121. The van der Waals surface area contributed by atoms with E-state index in [-0.39, 0.29) is 24.0 Å². The summed E-state index contributed by atoms with van der Waals surface area (Å²) in [6.07, 6.45) is 1.19. The van der Waals surface area contributed by atoms with Gasteiger partial charge in [-0.25, -0.2) is 4.79 Å². The molecule has 1 fully saturated rings. The first-order chi connectivity index (χ1) is 14.4. The number of rotatable bonds is 2. The fraction of sp³-hybridized carbons (Fsp3) is 0.391. The van der Waals surface area contributed by atoms with Gasteiger partial charge in [-0.1, -0.05) is 29.8 Å². The number of para-hydroxylation sites is 2. The Balaban J connectivity index is 1.37. The van der Waals surface area contributed by atoms with Crippen LogP contribution in [0.3, 0.4) is 0 Å². The Hall–Kier alpha value is -2.73. The number of halogens is 1. The Bertz CT molecular complexity index is 956. The number of carbonyl (C=O) groups excluding carboxylic acids is 2. The summed E-state index contributed by atoms with van der Waals surface area (Å²) in [5, 5.41) is 3.47. The Morgan fingerprint density at radius 2 is 1.87 bits per heavy atom. The number of anilines is 2. The van der Waals surface area contributed by atoms with Gasteiger partial charge in [0.05, 0.1) is 22.9 Å². The Morgan fingerprint density at radius 1 is 1.13 bits per heavy atom. The predicted molar refractivity (Wildman–Crippen MR) is 118 cm³/mol. The van der Waals surface area contributed by atoms with Crippen LogP contribution in [0.4, 0.5) is 16.2 Å². The molecule has 6 nitrogen and oxygen atoms in total. The fourth-order valence-electron chi connectivity index (χ4n) is 4.03. The van der Waals surface area contributed by atoms with Gasteiger partial charge in [0.25, 0.3) is 0 Å². The molecule has 7 heteroatoms. The highest BCUT2D eigenvalue weighted by Gasteiger charge is 2.33. The Labute approximate surface area is 181 Å². The first-order valence-corrected chi connectivity index (χ1v) is 10.7. The van der Waals surface area contributed by atoms with Crippen molar-refractivity contribution < 1.29 is 14.3 Å². The second kappa shape index (κ2) is 8.56. The summed E-state index contributed by atoms with van der Waals surface area (Å²) in [4.78, 5) is 29.5. The van der Waals surface area contributed by atoms with E-state index in [9.17, 15) is 9.59 Å². The topological polar surface area (TPSA) is 61.9 Å². The monoisotopic (exact) mass is 427 g/mol. The van der Waals surface area contributed by atoms with Gasteiger partial charge in [-0.15, -0.1) is 0 Å². The number of hydrogen-bond acceptors (Lipinski definition) is 3. The first kappa shape index (κ1) is 20.5. The van der Waals surface area contributed by atoms with Crippen molar-refractivity contribution in [2.24, 2.45) is 5.92 Å². The molecule has 1 saturated heterocycles. The van der Waals surface area contributed by atoms with Gasteiger partial charge in [-0.2, -0.15) is 0 Å². The number of amides is 3. The lowest BCUT2D eigenvalue weighted by atomic mass is 9.96. The van der Waals surface area contributed by atoms with Gasteiger partial charge in [0.1, 0.15) is 11.9 Å². The van der Waals surface area contributed by atoms with Gasteiger partial charge in [-0.3, -0.25) is 9.69 Å². The number of fused-ring (bicyclic) bond motifs is 1. The van der Waals surface area contributed by atoms with Crippen LogP contribution in [0.5, 0.6) is 5.75 Å². The highest BCUT2D eigenvalue weighted by Crippen LogP contribution is 2.34. The summed E-state index contributed by atoms with van der Waals surface area (Å²) in [6, 6.07) is 13.2. The number of carbonyl (C=O) groups is 2. The molecule has 2 aromatic carbocycles. The molecule has 1 N–H and O–H groups in total. The van der Waals surface area contributed by atoms with Crippen molar-refractivity contribution in [3.05, 3.63) is 53.1 Å². The average Bonchev–Trinajstić information content (AvgIpc) is 2.74. The van der Waals surface area contributed by atoms with Crippen LogP contribution in [0.15, 0.2) is 42.5 Å². The molecule has 2 aromatic rings. The van der Waals surface area contributed by atoms with Crippen molar-refractivity contribution in [2.45, 2.75) is 32.8 Å². The molecule has 30 heavy (non-hydrogen) atoms. The summed E-state index contributed by atoms with van der Waals surface area (Å²) < 4.78 is 5.85. The van der Waals surface area contributed by atoms with Crippen molar-refractivity contribution in [2.75, 3.05) is 29.9 Å². The number of likely N-dealkylation sites (tertiary alicyclic amines) is 1. The van der Waals surface area contributed by atoms with E-state index in [1.165, 1.54) is 0 Å². The van der Waals surface area contributed by atoms with Crippen molar-refractivity contribution in [1.82, 2.24) is 4.90 Å². The molecule has 158 valence electrons. The molecule has 0 bridgehead atoms. The van der Waals surface area contributed by atoms with E-state index in [1.807, 2.05) is 61.2 Å². The summed E-state index contributed by atoms with van der Waals surface area (Å²) in [5.74, 6) is 0.550. The van der Waals surface area contributed by atoms with E-state index in [2.05, 4.69) is 5.32 Å². The quantitative estimate of drug-likeness (QED) is 0.755. The maximum absolute atomic E-state index is 13.2. The lowest BCUT2D eigenvalue weighted by Crippen LogP contribution is -2.51. The second-order valence-electron chi connectivity index (χ2n) is 8.02. The molecule has 2 aliphatic heterocycles. The molecular weight excluding hydrogens is 402 g/mol. The van der Waals surface area contributed by atoms with Crippen molar-refractivity contribution in [3.63, 3.8) is 0 Å². The van der Waals surface area contributed by atoms with Crippen LogP contribution >= 0.6 is 11.6 Å². The van der Waals surface area contributed by atoms with Crippen molar-refractivity contribution >= 4 is 34.9 Å². The maximum Gasteiger partial charge on any atom is 0.324 e. The Morgan fingerprint density at radius 3 is 2.60 bits per heavy atom. The number of ether oxygens (including phenoxy) is 1. The standard InChI is InChI=1S/C23H26ClN3O3/c1-15-7-8-19(18(24)13-15)25-22(28)17-9-11-26(12-10-17)23(29)27-14-16(2)30-21-6-4-3-5-20(21)27/h3-8,13,16-17H,9-12,14H2,1-2H3,(H,25,28)/t16-/m1/s1. The van der Waals surface area contributed by atoms with Crippen LogP contribution in [0, 0.1) is 12.8 Å². The average molecular weight is 428 g/mol. The summed E-state index contributed by atoms with van der Waals surface area (Å²) in [7, 11) is 0. The predicted octanol–water partition coefficient (Wildman–Crippen LogP) is 4.71. The third-order valence-corrected chi connectivity index (χ3v) is 5.99. The van der Waals surface area contributed by atoms with E-state index in [0.29, 0.717) is 43.2 Å². The van der Waals surface area contributed by atoms with Gasteiger partial charge in [-0.05, 0) is 56.5 Å². The number of hydrogen-bond donors (Lipinski definition) is 1. The van der Waals surface area contributed by atoms with Gasteiger partial charge < -0.3 is 15.0 Å². The number of nitrogens with one attached hydrogen (secondary N) is 1.